The van der Waals surface area contributed by atoms with E-state index in [0.29, 0.717) is 39.6 Å². The van der Waals surface area contributed by atoms with Gasteiger partial charge in [0.2, 0.25) is 0 Å². The first-order valence-electron chi connectivity index (χ1n) is 8.85. The molecule has 29 heavy (non-hydrogen) atoms. The molecule has 6 nitrogen and oxygen atoms in total. The van der Waals surface area contributed by atoms with Crippen LogP contribution in [0, 0.1) is 23.0 Å². The maximum Gasteiger partial charge on any atom is 0.164 e. The Balaban J connectivity index is 1.74. The van der Waals surface area contributed by atoms with Crippen LogP contribution in [0.4, 0.5) is 20.3 Å². The molecule has 0 radical (unpaired) electrons. The molecular weight excluding hydrogens is 394 g/mol. The minimum atomic E-state index is -0.982. The second kappa shape index (κ2) is 7.64. The van der Waals surface area contributed by atoms with Gasteiger partial charge in [-0.2, -0.15) is 5.26 Å². The zero-order valence-corrected chi connectivity index (χ0v) is 16.2. The number of aliphatic imine (C=N–C) groups is 1. The van der Waals surface area contributed by atoms with Gasteiger partial charge in [-0.3, -0.25) is 9.98 Å². The van der Waals surface area contributed by atoms with Gasteiger partial charge in [-0.1, -0.05) is 18.7 Å². The van der Waals surface area contributed by atoms with E-state index in [-0.39, 0.29) is 10.8 Å². The zero-order valence-electron chi connectivity index (χ0n) is 15.4. The quantitative estimate of drug-likeness (QED) is 0.664. The smallest absolute Gasteiger partial charge is 0.164 e. The number of nitrogens with two attached hydrogens (primary N) is 1. The number of nitrogens with one attached hydrogen (secondary N) is 1. The standard InChI is InChI=1S/C20H16F2N6S/c1-10-4-16(28-20(24)29-10)14-6-13(7-15(21)17(14)22)27-19-18-12(2-3-25-19)5-11(8-23)9-26-18/h2-3,5-7,9-10,16H,4H2,1H3,(H2,24,28)(H,25,27). The third kappa shape index (κ3) is 3.84. The zero-order chi connectivity index (χ0) is 20.5. The molecule has 1 aromatic carbocycles. The van der Waals surface area contributed by atoms with Gasteiger partial charge in [0.05, 0.1) is 11.6 Å². The molecule has 0 aliphatic carbocycles. The molecule has 2 atom stereocenters. The van der Waals surface area contributed by atoms with Crippen molar-refractivity contribution >= 4 is 39.3 Å². The normalized spacial score (nSPS) is 18.9. The van der Waals surface area contributed by atoms with Crippen molar-refractivity contribution in [2.45, 2.75) is 24.6 Å². The molecule has 0 saturated heterocycles. The topological polar surface area (TPSA) is 100.0 Å². The van der Waals surface area contributed by atoms with Gasteiger partial charge in [0, 0.05) is 40.3 Å². The number of thioether (sulfide) groups is 1. The molecule has 0 spiro atoms. The lowest BCUT2D eigenvalue weighted by Crippen LogP contribution is -2.21. The van der Waals surface area contributed by atoms with E-state index < -0.39 is 17.7 Å². The van der Waals surface area contributed by atoms with E-state index in [1.807, 2.05) is 13.0 Å². The highest BCUT2D eigenvalue weighted by atomic mass is 32.2. The average molecular weight is 410 g/mol. The molecule has 2 aromatic heterocycles. The average Bonchev–Trinajstić information content (AvgIpc) is 2.69. The first kappa shape index (κ1) is 19.1. The van der Waals surface area contributed by atoms with Crippen molar-refractivity contribution in [2.24, 2.45) is 10.7 Å². The summed E-state index contributed by atoms with van der Waals surface area (Å²) in [6.07, 6.45) is 3.54. The second-order valence-electron chi connectivity index (χ2n) is 6.70. The first-order valence-corrected chi connectivity index (χ1v) is 9.73. The van der Waals surface area contributed by atoms with Crippen LogP contribution in [0.1, 0.15) is 30.5 Å². The van der Waals surface area contributed by atoms with Crippen molar-refractivity contribution in [2.75, 3.05) is 5.32 Å². The summed E-state index contributed by atoms with van der Waals surface area (Å²) in [6.45, 7) is 1.97. The Morgan fingerprint density at radius 1 is 1.28 bits per heavy atom. The molecular formula is C20H16F2N6S. The Hall–Kier alpha value is -3.25. The highest BCUT2D eigenvalue weighted by Crippen LogP contribution is 2.36. The number of anilines is 2. The largest absolute Gasteiger partial charge is 0.379 e. The minimum absolute atomic E-state index is 0.141. The van der Waals surface area contributed by atoms with E-state index in [1.54, 1.807) is 18.3 Å². The molecule has 146 valence electrons. The molecule has 2 unspecified atom stereocenters. The Kier molecular flexibility index (Phi) is 5.03. The van der Waals surface area contributed by atoms with Gasteiger partial charge in [0.25, 0.3) is 0 Å². The van der Waals surface area contributed by atoms with Crippen LogP contribution >= 0.6 is 11.8 Å². The molecule has 1 aliphatic rings. The minimum Gasteiger partial charge on any atom is -0.379 e. The summed E-state index contributed by atoms with van der Waals surface area (Å²) in [6, 6.07) is 7.48. The fourth-order valence-electron chi connectivity index (χ4n) is 3.28. The van der Waals surface area contributed by atoms with E-state index in [2.05, 4.69) is 20.3 Å². The van der Waals surface area contributed by atoms with Gasteiger partial charge in [0.15, 0.2) is 22.6 Å². The SMILES string of the molecule is CC1CC(c2cc(Nc3nccc4cc(C#N)cnc34)cc(F)c2F)N=C(N)S1. The van der Waals surface area contributed by atoms with Gasteiger partial charge in [-0.25, -0.2) is 13.8 Å². The number of nitriles is 1. The lowest BCUT2D eigenvalue weighted by molar-refractivity contribution is 0.484. The molecule has 0 saturated carbocycles. The molecule has 0 fully saturated rings. The number of aromatic nitrogens is 2. The monoisotopic (exact) mass is 410 g/mol. The molecule has 9 heteroatoms. The highest BCUT2D eigenvalue weighted by Gasteiger charge is 2.26. The molecule has 4 rings (SSSR count). The van der Waals surface area contributed by atoms with Crippen LogP contribution in [0.5, 0.6) is 0 Å². The molecule has 0 bridgehead atoms. The van der Waals surface area contributed by atoms with Crippen molar-refractivity contribution in [3.05, 3.63) is 59.4 Å². The number of fused-ring (bicyclic) bond motifs is 1. The summed E-state index contributed by atoms with van der Waals surface area (Å²) < 4.78 is 28.8. The van der Waals surface area contributed by atoms with Crippen LogP contribution < -0.4 is 11.1 Å². The van der Waals surface area contributed by atoms with Gasteiger partial charge >= 0.3 is 0 Å². The maximum atomic E-state index is 14.5. The number of halogens is 2. The number of nitrogens with zero attached hydrogens (tertiary/aromatic N) is 4. The molecule has 1 aliphatic heterocycles. The van der Waals surface area contributed by atoms with Crippen molar-refractivity contribution in [3.8, 4) is 6.07 Å². The Morgan fingerprint density at radius 3 is 2.86 bits per heavy atom. The Labute approximate surface area is 169 Å². The van der Waals surface area contributed by atoms with Crippen molar-refractivity contribution in [1.82, 2.24) is 9.97 Å². The van der Waals surface area contributed by atoms with Gasteiger partial charge in [-0.05, 0) is 24.6 Å². The van der Waals surface area contributed by atoms with Crippen LogP contribution in [0.15, 0.2) is 41.7 Å². The van der Waals surface area contributed by atoms with Crippen LogP contribution in [-0.2, 0) is 0 Å². The summed E-state index contributed by atoms with van der Waals surface area (Å²) in [5.74, 6) is -1.54. The highest BCUT2D eigenvalue weighted by molar-refractivity contribution is 8.14. The summed E-state index contributed by atoms with van der Waals surface area (Å²) in [5, 5.41) is 13.3. The third-order valence-electron chi connectivity index (χ3n) is 4.57. The Morgan fingerprint density at radius 2 is 2.10 bits per heavy atom. The molecule has 3 aromatic rings. The summed E-state index contributed by atoms with van der Waals surface area (Å²) in [5.41, 5.74) is 7.23. The second-order valence-corrected chi connectivity index (χ2v) is 8.16. The molecule has 3 N–H and O–H groups in total. The third-order valence-corrected chi connectivity index (χ3v) is 5.51. The Bertz CT molecular complexity index is 1170. The van der Waals surface area contributed by atoms with E-state index in [0.717, 1.165) is 6.07 Å². The number of benzene rings is 1. The maximum absolute atomic E-state index is 14.5. The van der Waals surface area contributed by atoms with E-state index in [1.165, 1.54) is 24.0 Å². The van der Waals surface area contributed by atoms with Crippen molar-refractivity contribution in [1.29, 1.82) is 5.26 Å². The van der Waals surface area contributed by atoms with Crippen molar-refractivity contribution < 1.29 is 8.78 Å². The summed E-state index contributed by atoms with van der Waals surface area (Å²) in [4.78, 5) is 12.8. The number of hydrogen-bond acceptors (Lipinski definition) is 7. The summed E-state index contributed by atoms with van der Waals surface area (Å²) >= 11 is 1.42. The lowest BCUT2D eigenvalue weighted by Gasteiger charge is -2.24. The van der Waals surface area contributed by atoms with Gasteiger partial charge in [-0.15, -0.1) is 0 Å². The van der Waals surface area contributed by atoms with Crippen LogP contribution in [-0.4, -0.2) is 20.4 Å². The predicted molar refractivity (Wildman–Crippen MR) is 110 cm³/mol. The fraction of sp³-hybridized carbons (Fsp3) is 0.200. The lowest BCUT2D eigenvalue weighted by atomic mass is 10.0. The fourth-order valence-corrected chi connectivity index (χ4v) is 4.15. The molecule has 0 amide bonds. The number of hydrogen-bond donors (Lipinski definition) is 2. The van der Waals surface area contributed by atoms with Crippen molar-refractivity contribution in [3.63, 3.8) is 0 Å². The number of pyridine rings is 2. The van der Waals surface area contributed by atoms with E-state index in [4.69, 9.17) is 11.0 Å². The number of amidine groups is 1. The summed E-state index contributed by atoms with van der Waals surface area (Å²) in [7, 11) is 0. The predicted octanol–water partition coefficient (Wildman–Crippen LogP) is 4.40. The van der Waals surface area contributed by atoms with Crippen LogP contribution in [0.2, 0.25) is 0 Å². The van der Waals surface area contributed by atoms with E-state index in [9.17, 15) is 8.78 Å². The number of rotatable bonds is 3. The van der Waals surface area contributed by atoms with Crippen LogP contribution in [0.25, 0.3) is 10.9 Å². The van der Waals surface area contributed by atoms with E-state index >= 15 is 0 Å². The van der Waals surface area contributed by atoms with Gasteiger partial charge < -0.3 is 11.1 Å². The van der Waals surface area contributed by atoms with Gasteiger partial charge in [0.1, 0.15) is 11.6 Å². The van der Waals surface area contributed by atoms with Crippen LogP contribution in [0.3, 0.4) is 0 Å². The first-order chi connectivity index (χ1) is 13.9. The molecule has 3 heterocycles.